The van der Waals surface area contributed by atoms with Gasteiger partial charge in [-0.15, -0.1) is 0 Å². The summed E-state index contributed by atoms with van der Waals surface area (Å²) in [4.78, 5) is 11.8. The second kappa shape index (κ2) is 42.1. The molecule has 0 heterocycles. The normalized spacial score (nSPS) is 12.0. The van der Waals surface area contributed by atoms with Crippen LogP contribution in [0, 0.1) is 19.8 Å². The highest BCUT2D eigenvalue weighted by Gasteiger charge is 2.20. The minimum Gasteiger partial charge on any atom is -0.507 e. The Labute approximate surface area is 606 Å². The van der Waals surface area contributed by atoms with Crippen molar-refractivity contribution in [1.29, 1.82) is 0 Å². The van der Waals surface area contributed by atoms with Gasteiger partial charge >= 0.3 is 5.97 Å². The molecule has 0 radical (unpaired) electrons. The monoisotopic (exact) mass is 1410 g/mol. The number of hydrogen-bond donors (Lipinski definition) is 9. The number of ether oxygens (including phenoxy) is 8. The molecule has 552 valence electrons. The van der Waals surface area contributed by atoms with Crippen molar-refractivity contribution in [3.63, 3.8) is 0 Å². The third-order valence-electron chi connectivity index (χ3n) is 17.8. The third-order valence-corrected chi connectivity index (χ3v) is 17.8. The van der Waals surface area contributed by atoms with Crippen molar-refractivity contribution in [2.45, 2.75) is 179 Å². The lowest BCUT2D eigenvalue weighted by molar-refractivity contribution is -0.138. The van der Waals surface area contributed by atoms with Crippen LogP contribution in [0.2, 0.25) is 0 Å². The zero-order valence-corrected chi connectivity index (χ0v) is 61.5. The van der Waals surface area contributed by atoms with Crippen LogP contribution in [0.3, 0.4) is 0 Å². The van der Waals surface area contributed by atoms with Crippen LogP contribution < -0.4 is 28.4 Å². The van der Waals surface area contributed by atoms with Gasteiger partial charge in [0.2, 0.25) is 0 Å². The molecule has 0 aliphatic carbocycles. The Kier molecular flexibility index (Phi) is 33.6. The fourth-order valence-electron chi connectivity index (χ4n) is 10.8. The predicted octanol–water partition coefficient (Wildman–Crippen LogP) is 17.8. The van der Waals surface area contributed by atoms with E-state index < -0.39 is 13.2 Å². The number of benzene rings is 9. The molecule has 9 N–H and O–H groups in total. The molecule has 0 aliphatic rings. The quantitative estimate of drug-likeness (QED) is 0.0144. The Morgan fingerprint density at radius 3 is 1.07 bits per heavy atom. The number of aryl methyl sites for hydroxylation is 2. The van der Waals surface area contributed by atoms with Gasteiger partial charge in [0, 0.05) is 58.7 Å². The van der Waals surface area contributed by atoms with Gasteiger partial charge in [0.25, 0.3) is 0 Å². The summed E-state index contributed by atoms with van der Waals surface area (Å²) >= 11 is 0. The van der Waals surface area contributed by atoms with E-state index in [0.29, 0.717) is 82.6 Å². The van der Waals surface area contributed by atoms with E-state index in [9.17, 15) is 50.8 Å². The number of hydrogen-bond acceptors (Lipinski definition) is 18. The van der Waals surface area contributed by atoms with E-state index in [-0.39, 0.29) is 79.0 Å². The first kappa shape index (κ1) is 82.3. The lowest BCUT2D eigenvalue weighted by Crippen LogP contribution is -2.16. The van der Waals surface area contributed by atoms with E-state index in [1.807, 2.05) is 99.6 Å². The number of methoxy groups -OCH3 is 2. The highest BCUT2D eigenvalue weighted by molar-refractivity contribution is 5.74. The lowest BCUT2D eigenvalue weighted by atomic mass is 9.99. The van der Waals surface area contributed by atoms with Crippen molar-refractivity contribution < 1.29 is 88.6 Å². The van der Waals surface area contributed by atoms with Gasteiger partial charge in [-0.2, -0.15) is 0 Å². The van der Waals surface area contributed by atoms with Gasteiger partial charge < -0.3 is 83.9 Å². The maximum Gasteiger partial charge on any atom is 0.314 e. The van der Waals surface area contributed by atoms with E-state index in [1.165, 1.54) is 22.8 Å². The first-order chi connectivity index (χ1) is 49.6. The maximum atomic E-state index is 11.8. The fourth-order valence-corrected chi connectivity index (χ4v) is 10.8. The predicted molar refractivity (Wildman–Crippen MR) is 400 cm³/mol. The molecule has 9 aromatic carbocycles. The molecule has 9 aromatic rings. The molecule has 0 amide bonds. The Morgan fingerprint density at radius 1 is 0.350 bits per heavy atom. The highest BCUT2D eigenvalue weighted by Crippen LogP contribution is 2.38. The smallest absolute Gasteiger partial charge is 0.314 e. The lowest BCUT2D eigenvalue weighted by Gasteiger charge is -2.17. The molecule has 103 heavy (non-hydrogen) atoms. The van der Waals surface area contributed by atoms with Gasteiger partial charge in [0.15, 0.2) is 0 Å². The summed E-state index contributed by atoms with van der Waals surface area (Å²) < 4.78 is 45.4. The molecule has 0 saturated carbocycles. The van der Waals surface area contributed by atoms with Crippen LogP contribution in [0.25, 0.3) is 0 Å². The average Bonchev–Trinajstić information content (AvgIpc) is 0.823. The summed E-state index contributed by atoms with van der Waals surface area (Å²) in [5, 5.41) is 86.3. The average molecular weight is 1410 g/mol. The largest absolute Gasteiger partial charge is 0.507 e. The van der Waals surface area contributed by atoms with E-state index in [4.69, 9.17) is 37.9 Å². The van der Waals surface area contributed by atoms with Gasteiger partial charge in [0.05, 0.1) is 57.7 Å². The molecule has 0 fully saturated rings. The Morgan fingerprint density at radius 2 is 0.670 bits per heavy atom. The number of aromatic hydroxyl groups is 4. The van der Waals surface area contributed by atoms with Crippen LogP contribution in [-0.2, 0) is 80.3 Å². The van der Waals surface area contributed by atoms with Crippen LogP contribution in [0.5, 0.6) is 69.0 Å². The molecular formula is C85H104O18. The summed E-state index contributed by atoms with van der Waals surface area (Å²) in [6.07, 6.45) is 4.02. The number of esters is 1. The highest BCUT2D eigenvalue weighted by atomic mass is 16.5. The number of aliphatic hydroxyl groups excluding tert-OH is 5. The molecule has 0 bridgehead atoms. The molecular weight excluding hydrogens is 1310 g/mol. The van der Waals surface area contributed by atoms with Gasteiger partial charge in [0.1, 0.15) is 88.8 Å². The minimum absolute atomic E-state index is 0.00716. The van der Waals surface area contributed by atoms with Crippen LogP contribution in [-0.4, -0.2) is 66.1 Å². The van der Waals surface area contributed by atoms with E-state index in [0.717, 1.165) is 82.2 Å². The summed E-state index contributed by atoms with van der Waals surface area (Å²) in [5.41, 5.74) is 11.2. The maximum absolute atomic E-state index is 11.8. The van der Waals surface area contributed by atoms with Crippen LogP contribution in [0.15, 0.2) is 164 Å². The molecule has 0 aliphatic heterocycles. The molecule has 0 aromatic heterocycles. The van der Waals surface area contributed by atoms with Crippen molar-refractivity contribution in [2.75, 3.05) is 14.2 Å². The first-order valence-corrected chi connectivity index (χ1v) is 34.9. The SMILES string of the molecule is CCC(C)C(=O)Oc1ccc(OCc2cc(C)cc(CO)c2O)cc1.CCC(C)c1ccc(OCc2cc(CO)c(O)c(CO)c2)cc1.CCC(C)c1ccc(OCc2cc(CO)c(O)c(CO)c2O)cc1.CCC(C)c1ccc(Oc2ccc(Oc3c(COC)cc(C)cc3COC)cc2)cc1. The summed E-state index contributed by atoms with van der Waals surface area (Å²) in [5.74, 6) is 6.25. The molecule has 0 saturated heterocycles. The Bertz CT molecular complexity index is 3990. The van der Waals surface area contributed by atoms with Gasteiger partial charge in [-0.3, -0.25) is 4.79 Å². The summed E-state index contributed by atoms with van der Waals surface area (Å²) in [7, 11) is 3.37. The standard InChI is InChI=1S/C27H32O4.C20H24O5.C19H24O5.C19H24O4/c1-6-20(3)21-7-9-24(10-8-21)30-25-11-13-26(14-12-25)31-27-22(17-28-4)15-19(2)16-23(27)18-29-5;1-4-14(3)20(23)25-18-7-5-17(6-8-18)24-12-16-10-13(2)9-15(11-21)19(16)22;1-3-12(2)13-4-6-16(7-5-13)24-11-15-8-14(9-20)18(22)17(10-21)19(15)23;1-3-13(2)15-4-6-18(7-5-15)23-12-14-8-16(10-20)19(22)17(9-14)11-21/h7-16,20H,6,17-18H2,1-5H3;5-10,14,21-22H,4,11-12H2,1-3H3;4-8,12,20-23H,3,9-11H2,1-2H3;4-9,13,20-22H,3,10-12H2,1-2H3. The molecule has 9 rings (SSSR count). The molecule has 4 unspecified atom stereocenters. The first-order valence-electron chi connectivity index (χ1n) is 34.9. The van der Waals surface area contributed by atoms with Crippen LogP contribution in [0.4, 0.5) is 0 Å². The van der Waals surface area contributed by atoms with Crippen LogP contribution >= 0.6 is 0 Å². The molecule has 18 heteroatoms. The number of phenols is 4. The zero-order chi connectivity index (χ0) is 75.1. The van der Waals surface area contributed by atoms with Gasteiger partial charge in [-0.05, 0) is 189 Å². The zero-order valence-electron chi connectivity index (χ0n) is 61.5. The number of carbonyl (C=O) groups is 1. The van der Waals surface area contributed by atoms with E-state index in [1.54, 1.807) is 56.7 Å². The number of carbonyl (C=O) groups excluding carboxylic acids is 1. The van der Waals surface area contributed by atoms with Crippen molar-refractivity contribution in [3.8, 4) is 69.0 Å². The van der Waals surface area contributed by atoms with Crippen LogP contribution in [0.1, 0.15) is 182 Å². The Balaban J connectivity index is 0.000000217. The molecule has 0 spiro atoms. The number of aliphatic hydroxyl groups is 5. The van der Waals surface area contributed by atoms with Gasteiger partial charge in [-0.1, -0.05) is 121 Å². The molecule has 18 nitrogen and oxygen atoms in total. The fraction of sp³-hybridized carbons (Fsp3) is 0.353. The third kappa shape index (κ3) is 24.5. The van der Waals surface area contributed by atoms with Crippen molar-refractivity contribution in [3.05, 3.63) is 247 Å². The second-order valence-corrected chi connectivity index (χ2v) is 25.5. The molecule has 4 atom stereocenters. The second-order valence-electron chi connectivity index (χ2n) is 25.5. The minimum atomic E-state index is -0.526. The topological polar surface area (TPSA) is 273 Å². The van der Waals surface area contributed by atoms with Gasteiger partial charge in [-0.25, -0.2) is 0 Å². The van der Waals surface area contributed by atoms with E-state index in [2.05, 4.69) is 84.9 Å². The van der Waals surface area contributed by atoms with Crippen molar-refractivity contribution in [2.24, 2.45) is 5.92 Å². The number of rotatable bonds is 31. The summed E-state index contributed by atoms with van der Waals surface area (Å²) in [6, 6.07) is 51.1. The van der Waals surface area contributed by atoms with E-state index >= 15 is 0 Å². The van der Waals surface area contributed by atoms with Crippen molar-refractivity contribution >= 4 is 5.97 Å². The van der Waals surface area contributed by atoms with Crippen molar-refractivity contribution in [1.82, 2.24) is 0 Å². The Hall–Kier alpha value is -9.63. The summed E-state index contributed by atoms with van der Waals surface area (Å²) in [6.45, 7) is 20.6.